The van der Waals surface area contributed by atoms with Gasteiger partial charge in [-0.25, -0.2) is 9.98 Å². The number of pyridine rings is 1. The number of aromatic nitrogens is 1. The molecule has 0 spiro atoms. The number of rotatable bonds is 3. The first-order valence-corrected chi connectivity index (χ1v) is 7.08. The van der Waals surface area contributed by atoms with E-state index in [0.29, 0.717) is 5.69 Å². The van der Waals surface area contributed by atoms with Crippen molar-refractivity contribution in [3.05, 3.63) is 28.0 Å². The zero-order valence-corrected chi connectivity index (χ0v) is 12.4. The third-order valence-corrected chi connectivity index (χ3v) is 3.74. The molecule has 0 bridgehead atoms. The minimum atomic E-state index is 0.0184. The molecule has 1 aromatic rings. The van der Waals surface area contributed by atoms with Gasteiger partial charge in [-0.2, -0.15) is 0 Å². The van der Waals surface area contributed by atoms with Crippen molar-refractivity contribution >= 4 is 28.1 Å². The lowest BCUT2D eigenvalue weighted by Gasteiger charge is -2.22. The Bertz CT molecular complexity index is 484. The Morgan fingerprint density at radius 3 is 3.11 bits per heavy atom. The van der Waals surface area contributed by atoms with E-state index in [9.17, 15) is 0 Å². The van der Waals surface area contributed by atoms with E-state index in [1.54, 1.807) is 6.07 Å². The highest BCUT2D eigenvalue weighted by atomic mass is 79.9. The first kappa shape index (κ1) is 14.1. The van der Waals surface area contributed by atoms with Crippen LogP contribution in [0.1, 0.15) is 30.7 Å². The van der Waals surface area contributed by atoms with Crippen LogP contribution in [0.2, 0.25) is 0 Å². The molecular formula is C13H17BrN4O. The van der Waals surface area contributed by atoms with Crippen LogP contribution in [0.15, 0.2) is 21.6 Å². The third kappa shape index (κ3) is 4.11. The maximum Gasteiger partial charge on any atom is 0.172 e. The van der Waals surface area contributed by atoms with Crippen molar-refractivity contribution in [2.45, 2.75) is 32.4 Å². The molecule has 1 unspecified atom stereocenters. The molecule has 0 amide bonds. The van der Waals surface area contributed by atoms with Crippen LogP contribution in [-0.2, 0) is 4.74 Å². The fourth-order valence-corrected chi connectivity index (χ4v) is 2.02. The van der Waals surface area contributed by atoms with Crippen LogP contribution < -0.4 is 5.32 Å². The van der Waals surface area contributed by atoms with Gasteiger partial charge in [-0.1, -0.05) is 0 Å². The van der Waals surface area contributed by atoms with E-state index < -0.39 is 0 Å². The van der Waals surface area contributed by atoms with Gasteiger partial charge in [0.05, 0.1) is 12.0 Å². The quantitative estimate of drug-likeness (QED) is 0.663. The molecule has 0 saturated carbocycles. The summed E-state index contributed by atoms with van der Waals surface area (Å²) in [4.78, 5) is 8.34. The van der Waals surface area contributed by atoms with Gasteiger partial charge in [0.1, 0.15) is 11.9 Å². The highest BCUT2D eigenvalue weighted by molar-refractivity contribution is 9.10. The van der Waals surface area contributed by atoms with Gasteiger partial charge in [-0.3, -0.25) is 5.41 Å². The van der Waals surface area contributed by atoms with Crippen LogP contribution in [-0.4, -0.2) is 30.0 Å². The number of nitrogens with zero attached hydrogens (tertiary/aromatic N) is 2. The highest BCUT2D eigenvalue weighted by Crippen LogP contribution is 2.14. The lowest BCUT2D eigenvalue weighted by molar-refractivity contribution is 0.00797. The molecule has 1 aliphatic rings. The molecule has 1 aromatic heterocycles. The second-order valence-electron chi connectivity index (χ2n) is 4.39. The zero-order valence-electron chi connectivity index (χ0n) is 10.8. The van der Waals surface area contributed by atoms with E-state index in [4.69, 9.17) is 10.1 Å². The minimum Gasteiger partial charge on any atom is -0.359 e. The summed E-state index contributed by atoms with van der Waals surface area (Å²) < 4.78 is 6.44. The van der Waals surface area contributed by atoms with Gasteiger partial charge in [-0.15, -0.1) is 0 Å². The zero-order chi connectivity index (χ0) is 13.7. The van der Waals surface area contributed by atoms with Crippen molar-refractivity contribution in [3.8, 4) is 0 Å². The maximum atomic E-state index is 7.86. The number of ether oxygens (including phenoxy) is 1. The predicted molar refractivity (Wildman–Crippen MR) is 78.7 cm³/mol. The van der Waals surface area contributed by atoms with Crippen LogP contribution in [0.3, 0.4) is 0 Å². The van der Waals surface area contributed by atoms with Crippen LogP contribution >= 0.6 is 15.9 Å². The highest BCUT2D eigenvalue weighted by Gasteiger charge is 2.11. The molecule has 0 aliphatic carbocycles. The number of hydrogen-bond donors (Lipinski definition) is 2. The van der Waals surface area contributed by atoms with E-state index in [1.165, 1.54) is 6.34 Å². The Morgan fingerprint density at radius 1 is 1.58 bits per heavy atom. The lowest BCUT2D eigenvalue weighted by atomic mass is 10.2. The summed E-state index contributed by atoms with van der Waals surface area (Å²) in [6.45, 7) is 2.68. The van der Waals surface area contributed by atoms with Gasteiger partial charge >= 0.3 is 0 Å². The molecule has 1 fully saturated rings. The molecule has 2 heterocycles. The minimum absolute atomic E-state index is 0.0184. The van der Waals surface area contributed by atoms with Gasteiger partial charge in [-0.05, 0) is 54.2 Å². The smallest absolute Gasteiger partial charge is 0.172 e. The fourth-order valence-electron chi connectivity index (χ4n) is 1.80. The van der Waals surface area contributed by atoms with E-state index >= 15 is 0 Å². The van der Waals surface area contributed by atoms with Crippen molar-refractivity contribution in [2.24, 2.45) is 4.99 Å². The van der Waals surface area contributed by atoms with Gasteiger partial charge in [0.2, 0.25) is 0 Å². The summed E-state index contributed by atoms with van der Waals surface area (Å²) in [5.41, 5.74) is 1.41. The summed E-state index contributed by atoms with van der Waals surface area (Å²) in [6, 6.07) is 3.65. The molecule has 1 aliphatic heterocycles. The second-order valence-corrected chi connectivity index (χ2v) is 5.25. The van der Waals surface area contributed by atoms with Crippen LogP contribution in [0.25, 0.3) is 0 Å². The Kier molecular flexibility index (Phi) is 5.04. The fraction of sp³-hybridized carbons (Fsp3) is 0.462. The van der Waals surface area contributed by atoms with Crippen LogP contribution in [0, 0.1) is 12.3 Å². The van der Waals surface area contributed by atoms with Crippen molar-refractivity contribution in [2.75, 3.05) is 6.61 Å². The van der Waals surface area contributed by atoms with E-state index in [1.807, 2.05) is 13.0 Å². The molecule has 1 atom stereocenters. The maximum absolute atomic E-state index is 7.86. The number of nitrogens with one attached hydrogen (secondary N) is 2. The van der Waals surface area contributed by atoms with Crippen molar-refractivity contribution < 1.29 is 4.74 Å². The van der Waals surface area contributed by atoms with E-state index in [0.717, 1.165) is 36.0 Å². The molecular weight excluding hydrogens is 308 g/mol. The molecule has 1 saturated heterocycles. The first-order valence-electron chi connectivity index (χ1n) is 6.29. The second kappa shape index (κ2) is 6.77. The molecule has 2 N–H and O–H groups in total. The standard InChI is InChI=1S/C13H17BrN4O/c1-9-10(14)5-6-11(18-9)13(15)17-8-16-12-4-2-3-7-19-12/h5-6,8,12H,2-4,7H2,1H3,(H2,15,16,17). The van der Waals surface area contributed by atoms with Crippen molar-refractivity contribution in [1.29, 1.82) is 5.41 Å². The monoisotopic (exact) mass is 324 g/mol. The Labute approximate surface area is 121 Å². The summed E-state index contributed by atoms with van der Waals surface area (Å²) in [5, 5.41) is 10.9. The molecule has 2 rings (SSSR count). The van der Waals surface area contributed by atoms with Gasteiger partial charge < -0.3 is 10.1 Å². The number of halogens is 1. The number of amidine groups is 1. The Morgan fingerprint density at radius 2 is 2.42 bits per heavy atom. The summed E-state index contributed by atoms with van der Waals surface area (Å²) in [5.74, 6) is 0.138. The molecule has 19 heavy (non-hydrogen) atoms. The molecule has 0 aromatic carbocycles. The van der Waals surface area contributed by atoms with Crippen molar-refractivity contribution in [1.82, 2.24) is 10.3 Å². The van der Waals surface area contributed by atoms with E-state index in [2.05, 4.69) is 31.2 Å². The van der Waals surface area contributed by atoms with Gasteiger partial charge in [0, 0.05) is 11.1 Å². The average molecular weight is 325 g/mol. The molecule has 0 radical (unpaired) electrons. The summed E-state index contributed by atoms with van der Waals surface area (Å²) in [6.07, 6.45) is 4.81. The first-order chi connectivity index (χ1) is 9.16. The molecule has 5 nitrogen and oxygen atoms in total. The number of hydrogen-bond acceptors (Lipinski definition) is 3. The van der Waals surface area contributed by atoms with Crippen LogP contribution in [0.5, 0.6) is 0 Å². The topological polar surface area (TPSA) is 70.4 Å². The average Bonchev–Trinajstić information content (AvgIpc) is 2.43. The van der Waals surface area contributed by atoms with Gasteiger partial charge in [0.25, 0.3) is 0 Å². The lowest BCUT2D eigenvalue weighted by Crippen LogP contribution is -2.33. The Balaban J connectivity index is 1.90. The SMILES string of the molecule is Cc1nc(C(=N)/N=C\NC2CCCCO2)ccc1Br. The van der Waals surface area contributed by atoms with Gasteiger partial charge in [0.15, 0.2) is 5.84 Å². The normalized spacial score (nSPS) is 19.6. The van der Waals surface area contributed by atoms with Crippen molar-refractivity contribution in [3.63, 3.8) is 0 Å². The number of aryl methyl sites for hydroxylation is 1. The third-order valence-electron chi connectivity index (χ3n) is 2.90. The largest absolute Gasteiger partial charge is 0.359 e. The van der Waals surface area contributed by atoms with E-state index in [-0.39, 0.29) is 12.1 Å². The summed E-state index contributed by atoms with van der Waals surface area (Å²) in [7, 11) is 0. The molecule has 102 valence electrons. The summed E-state index contributed by atoms with van der Waals surface area (Å²) >= 11 is 3.38. The molecule has 6 heteroatoms. The predicted octanol–water partition coefficient (Wildman–Crippen LogP) is 2.62. The Hall–Kier alpha value is -1.27. The van der Waals surface area contributed by atoms with Crippen LogP contribution in [0.4, 0.5) is 0 Å². The number of aliphatic imine (C=N–C) groups is 1.